The third kappa shape index (κ3) is 5.38. The van der Waals surface area contributed by atoms with Crippen LogP contribution in [0.5, 0.6) is 17.2 Å². The normalized spacial score (nSPS) is 12.0. The van der Waals surface area contributed by atoms with Gasteiger partial charge >= 0.3 is 0 Å². The van der Waals surface area contributed by atoms with E-state index in [9.17, 15) is 13.2 Å². The smallest absolute Gasteiger partial charge is 0.203 e. The summed E-state index contributed by atoms with van der Waals surface area (Å²) in [5.41, 5.74) is 1.43. The molecule has 0 heterocycles. The molecule has 0 aromatic heterocycles. The molecule has 0 spiro atoms. The Bertz CT molecular complexity index is 1310. The van der Waals surface area contributed by atoms with Gasteiger partial charge in [0.05, 0.1) is 27.1 Å². The van der Waals surface area contributed by atoms with Crippen molar-refractivity contribution in [2.24, 2.45) is 0 Å². The molecule has 0 N–H and O–H groups in total. The Kier molecular flexibility index (Phi) is 8.25. The number of hydrogen-bond acceptors (Lipinski definition) is 6. The van der Waals surface area contributed by atoms with Crippen LogP contribution in [0.15, 0.2) is 65.6 Å². The minimum Gasteiger partial charge on any atom is -0.493 e. The van der Waals surface area contributed by atoms with Crippen LogP contribution in [-0.4, -0.2) is 36.0 Å². The quantitative estimate of drug-likeness (QED) is 0.270. The summed E-state index contributed by atoms with van der Waals surface area (Å²) in [5.74, 6) is 0.461. The molecule has 0 saturated carbocycles. The maximum atomic E-state index is 13.5. The van der Waals surface area contributed by atoms with Crippen molar-refractivity contribution in [3.05, 3.63) is 92.3 Å². The zero-order valence-corrected chi connectivity index (χ0v) is 21.0. The molecule has 6 nitrogen and oxygen atoms in total. The lowest BCUT2D eigenvalue weighted by molar-refractivity contribution is -0.104. The molecule has 3 aromatic rings. The molecular weight excluding hydrogens is 499 g/mol. The first-order valence-corrected chi connectivity index (χ1v) is 12.4. The molecule has 9 heteroatoms. The van der Waals surface area contributed by atoms with Crippen molar-refractivity contribution in [3.63, 3.8) is 0 Å². The number of hydrogen-bond donors (Lipinski definition) is 0. The summed E-state index contributed by atoms with van der Waals surface area (Å²) in [7, 11) is 0.234. The van der Waals surface area contributed by atoms with E-state index in [1.165, 1.54) is 21.3 Å². The lowest BCUT2D eigenvalue weighted by Crippen LogP contribution is -2.12. The summed E-state index contributed by atoms with van der Waals surface area (Å²) < 4.78 is 43.4. The van der Waals surface area contributed by atoms with Gasteiger partial charge in [-0.15, -0.1) is 0 Å². The Morgan fingerprint density at radius 2 is 1.35 bits per heavy atom. The first-order chi connectivity index (χ1) is 16.2. The summed E-state index contributed by atoms with van der Waals surface area (Å²) in [5, 5.41) is 0.934. The number of sulfone groups is 1. The molecule has 0 atom stereocenters. The maximum absolute atomic E-state index is 13.5. The highest BCUT2D eigenvalue weighted by Gasteiger charge is 2.28. The number of methoxy groups -OCH3 is 3. The first-order valence-electron chi connectivity index (χ1n) is 9.97. The highest BCUT2D eigenvalue weighted by Crippen LogP contribution is 2.45. The molecule has 0 bridgehead atoms. The molecule has 0 unspecified atom stereocenters. The molecule has 0 aliphatic heterocycles. The summed E-state index contributed by atoms with van der Waals surface area (Å²) in [6.07, 6.45) is 0.339. The van der Waals surface area contributed by atoms with E-state index in [1.54, 1.807) is 60.7 Å². The number of allylic oxidation sites excluding steroid dienone is 1. The number of ether oxygens (including phenoxy) is 3. The van der Waals surface area contributed by atoms with E-state index in [0.29, 0.717) is 38.8 Å². The number of rotatable bonds is 9. The topological polar surface area (TPSA) is 78.9 Å². The predicted molar refractivity (Wildman–Crippen MR) is 134 cm³/mol. The zero-order chi connectivity index (χ0) is 24.9. The van der Waals surface area contributed by atoms with Crippen molar-refractivity contribution in [1.29, 1.82) is 0 Å². The van der Waals surface area contributed by atoms with Crippen LogP contribution in [0.1, 0.15) is 16.7 Å². The van der Waals surface area contributed by atoms with Crippen molar-refractivity contribution in [2.45, 2.75) is 5.75 Å². The molecule has 0 radical (unpaired) electrons. The minimum atomic E-state index is -4.10. The van der Waals surface area contributed by atoms with Gasteiger partial charge < -0.3 is 14.2 Å². The Hall–Kier alpha value is -3.00. The highest BCUT2D eigenvalue weighted by atomic mass is 35.5. The fourth-order valence-corrected chi connectivity index (χ4v) is 5.23. The molecule has 0 fully saturated rings. The molecule has 0 aliphatic rings. The Labute approximate surface area is 208 Å². The van der Waals surface area contributed by atoms with Crippen LogP contribution < -0.4 is 14.2 Å². The van der Waals surface area contributed by atoms with E-state index < -0.39 is 20.5 Å². The van der Waals surface area contributed by atoms with E-state index in [0.717, 1.165) is 0 Å². The highest BCUT2D eigenvalue weighted by molar-refractivity contribution is 7.95. The number of halogens is 2. The van der Waals surface area contributed by atoms with Crippen molar-refractivity contribution in [3.8, 4) is 17.2 Å². The fourth-order valence-electron chi connectivity index (χ4n) is 3.51. The van der Waals surface area contributed by atoms with Crippen LogP contribution in [0.4, 0.5) is 0 Å². The van der Waals surface area contributed by atoms with Gasteiger partial charge in [-0.2, -0.15) is 0 Å². The predicted octanol–water partition coefficient (Wildman–Crippen LogP) is 5.59. The number of carbonyl (C=O) groups is 1. The van der Waals surface area contributed by atoms with E-state index in [1.807, 2.05) is 0 Å². The third-order valence-corrected chi connectivity index (χ3v) is 7.25. The molecule has 34 heavy (non-hydrogen) atoms. The molecule has 3 rings (SSSR count). The van der Waals surface area contributed by atoms with Gasteiger partial charge in [0.15, 0.2) is 27.6 Å². The van der Waals surface area contributed by atoms with Crippen molar-refractivity contribution >= 4 is 44.9 Å². The van der Waals surface area contributed by atoms with Crippen molar-refractivity contribution in [1.82, 2.24) is 0 Å². The lowest BCUT2D eigenvalue weighted by Gasteiger charge is -2.19. The number of benzene rings is 3. The lowest BCUT2D eigenvalue weighted by atomic mass is 9.96. The first kappa shape index (κ1) is 25.6. The van der Waals surface area contributed by atoms with E-state index in [-0.39, 0.29) is 17.1 Å². The summed E-state index contributed by atoms with van der Waals surface area (Å²) in [4.78, 5) is 11.9. The van der Waals surface area contributed by atoms with E-state index in [4.69, 9.17) is 37.4 Å². The second kappa shape index (κ2) is 11.0. The maximum Gasteiger partial charge on any atom is 0.203 e. The van der Waals surface area contributed by atoms with Crippen LogP contribution in [0.3, 0.4) is 0 Å². The Balaban J connectivity index is 2.34. The second-order valence-corrected chi connectivity index (χ2v) is 9.96. The van der Waals surface area contributed by atoms with Gasteiger partial charge in [0, 0.05) is 21.2 Å². The number of aldehydes is 1. The summed E-state index contributed by atoms with van der Waals surface area (Å²) >= 11 is 12.0. The van der Waals surface area contributed by atoms with E-state index >= 15 is 0 Å². The SMILES string of the molecule is COc1ccc(/C(=C(/C=O)S(=O)(=O)Cc2ccc(Cl)cc2)c2ccc(Cl)cc2)c(OC)c1OC. The zero-order valence-electron chi connectivity index (χ0n) is 18.7. The van der Waals surface area contributed by atoms with Crippen LogP contribution in [-0.2, 0) is 20.4 Å². The van der Waals surface area contributed by atoms with Gasteiger partial charge in [-0.1, -0.05) is 47.5 Å². The average molecular weight is 521 g/mol. The number of carbonyl (C=O) groups excluding carboxylic acids is 1. The molecule has 178 valence electrons. The van der Waals surface area contributed by atoms with Gasteiger partial charge in [0.2, 0.25) is 5.75 Å². The summed E-state index contributed by atoms with van der Waals surface area (Å²) in [6.45, 7) is 0. The fraction of sp³-hybridized carbons (Fsp3) is 0.160. The monoisotopic (exact) mass is 520 g/mol. The Morgan fingerprint density at radius 1 is 0.794 bits per heavy atom. The van der Waals surface area contributed by atoms with Crippen LogP contribution in [0.2, 0.25) is 10.0 Å². The Morgan fingerprint density at radius 3 is 1.85 bits per heavy atom. The van der Waals surface area contributed by atoms with Crippen molar-refractivity contribution in [2.75, 3.05) is 21.3 Å². The van der Waals surface area contributed by atoms with Crippen molar-refractivity contribution < 1.29 is 27.4 Å². The van der Waals surface area contributed by atoms with Gasteiger partial charge in [-0.25, -0.2) is 8.42 Å². The van der Waals surface area contributed by atoms with Gasteiger partial charge in [0.1, 0.15) is 4.91 Å². The van der Waals surface area contributed by atoms with Crippen LogP contribution in [0, 0.1) is 0 Å². The van der Waals surface area contributed by atoms with E-state index in [2.05, 4.69) is 0 Å². The largest absolute Gasteiger partial charge is 0.493 e. The third-order valence-electron chi connectivity index (χ3n) is 5.06. The molecule has 0 saturated heterocycles. The second-order valence-electron chi connectivity index (χ2n) is 7.13. The van der Waals surface area contributed by atoms with Gasteiger partial charge in [0.25, 0.3) is 0 Å². The van der Waals surface area contributed by atoms with Gasteiger partial charge in [-0.05, 0) is 47.5 Å². The summed E-state index contributed by atoms with van der Waals surface area (Å²) in [6, 6.07) is 16.1. The molecule has 0 amide bonds. The molecule has 0 aliphatic carbocycles. The minimum absolute atomic E-state index is 0.151. The standard InChI is InChI=1S/C25H22Cl2O6S/c1-31-21-13-12-20(24(32-2)25(21)33-3)23(17-6-10-19(27)11-7-17)22(14-28)34(29,30)15-16-4-8-18(26)9-5-16/h4-14H,15H2,1-3H3/b23-22-. The van der Waals surface area contributed by atoms with Crippen LogP contribution in [0.25, 0.3) is 5.57 Å². The average Bonchev–Trinajstić information content (AvgIpc) is 2.83. The molecular formula is C25H22Cl2O6S. The van der Waals surface area contributed by atoms with Crippen LogP contribution >= 0.6 is 23.2 Å². The van der Waals surface area contributed by atoms with Gasteiger partial charge in [-0.3, -0.25) is 4.79 Å². The molecule has 3 aromatic carbocycles.